The predicted octanol–water partition coefficient (Wildman–Crippen LogP) is 12.5. The van der Waals surface area contributed by atoms with Crippen LogP contribution in [0.2, 0.25) is 0 Å². The highest BCUT2D eigenvalue weighted by Crippen LogP contribution is 2.45. The molecule has 0 atom stereocenters. The zero-order valence-corrected chi connectivity index (χ0v) is 28.4. The van der Waals surface area contributed by atoms with E-state index in [1.165, 1.54) is 5.39 Å². The van der Waals surface area contributed by atoms with Crippen molar-refractivity contribution in [3.05, 3.63) is 170 Å². The Morgan fingerprint density at radius 2 is 1.08 bits per heavy atom. The Bertz CT molecular complexity index is 3450. The first-order valence-electron chi connectivity index (χ1n) is 17.9. The summed E-state index contributed by atoms with van der Waals surface area (Å²) < 4.78 is 11.2. The van der Waals surface area contributed by atoms with E-state index in [1.54, 1.807) is 0 Å². The fraction of sp³-hybridized carbons (Fsp3) is 0. The van der Waals surface area contributed by atoms with E-state index in [9.17, 15) is 0 Å². The first-order valence-corrected chi connectivity index (χ1v) is 17.9. The summed E-state index contributed by atoms with van der Waals surface area (Å²) in [5, 5.41) is 10.1. The normalized spacial score (nSPS) is 12.2. The smallest absolute Gasteiger partial charge is 0.235 e. The van der Waals surface area contributed by atoms with Gasteiger partial charge in [0, 0.05) is 54.3 Å². The lowest BCUT2D eigenvalue weighted by molar-refractivity contribution is 0.669. The lowest BCUT2D eigenvalue weighted by atomic mass is 10.0. The van der Waals surface area contributed by atoms with E-state index >= 15 is 0 Å². The maximum atomic E-state index is 6.45. The van der Waals surface area contributed by atoms with Crippen LogP contribution in [0.15, 0.2) is 174 Å². The molecule has 0 radical (unpaired) electrons. The molecular formula is C48H28N4O. The zero-order valence-electron chi connectivity index (χ0n) is 28.4. The molecule has 0 fully saturated rings. The maximum absolute atomic E-state index is 6.45. The van der Waals surface area contributed by atoms with Crippen LogP contribution in [0.5, 0.6) is 0 Å². The van der Waals surface area contributed by atoms with Crippen molar-refractivity contribution in [2.24, 2.45) is 0 Å². The average molecular weight is 677 g/mol. The van der Waals surface area contributed by atoms with E-state index in [2.05, 4.69) is 173 Å². The van der Waals surface area contributed by atoms with Gasteiger partial charge in [-0.1, -0.05) is 127 Å². The maximum Gasteiger partial charge on any atom is 0.235 e. The van der Waals surface area contributed by atoms with Gasteiger partial charge in [0.05, 0.1) is 33.3 Å². The monoisotopic (exact) mass is 676 g/mol. The highest BCUT2D eigenvalue weighted by Gasteiger charge is 2.25. The summed E-state index contributed by atoms with van der Waals surface area (Å²) in [5.74, 6) is 0.634. The number of rotatable bonds is 3. The Morgan fingerprint density at radius 3 is 1.94 bits per heavy atom. The van der Waals surface area contributed by atoms with Gasteiger partial charge < -0.3 is 8.98 Å². The molecule has 0 saturated heterocycles. The number of nitrogens with zero attached hydrogens (tertiary/aromatic N) is 4. The van der Waals surface area contributed by atoms with Gasteiger partial charge in [-0.2, -0.15) is 0 Å². The van der Waals surface area contributed by atoms with Crippen LogP contribution < -0.4 is 0 Å². The van der Waals surface area contributed by atoms with E-state index in [4.69, 9.17) is 14.4 Å². The fourth-order valence-corrected chi connectivity index (χ4v) is 8.67. The van der Waals surface area contributed by atoms with Crippen LogP contribution in [0.1, 0.15) is 0 Å². The van der Waals surface area contributed by atoms with E-state index in [0.717, 1.165) is 98.8 Å². The molecule has 0 aliphatic carbocycles. The Kier molecular flexibility index (Phi) is 5.71. The summed E-state index contributed by atoms with van der Waals surface area (Å²) in [4.78, 5) is 11.0. The quantitative estimate of drug-likeness (QED) is 0.175. The second-order valence-corrected chi connectivity index (χ2v) is 13.7. The summed E-state index contributed by atoms with van der Waals surface area (Å²) >= 11 is 0. The third-order valence-electron chi connectivity index (χ3n) is 10.9. The lowest BCUT2D eigenvalue weighted by Crippen LogP contribution is -2.05. The topological polar surface area (TPSA) is 48.8 Å². The molecule has 12 aromatic rings. The van der Waals surface area contributed by atoms with Crippen LogP contribution in [0.4, 0.5) is 0 Å². The number of para-hydroxylation sites is 3. The standard InChI is InChI=1S/C48H28N4O/c1-3-14-30(15-4-1)44-37-24-23-29-13-7-8-18-32(29)45(37)50-48(49-44)52-38-21-11-9-19-33(38)34-25-26-36-42-39(51(47(36)46(34)52)31-16-5-2-6-17-31)27-28-41-43(42)35-20-10-12-22-40(35)53-41/h1-28H. The van der Waals surface area contributed by atoms with Crippen LogP contribution in [-0.4, -0.2) is 19.1 Å². The van der Waals surface area contributed by atoms with E-state index in [1.807, 2.05) is 6.07 Å². The van der Waals surface area contributed by atoms with Gasteiger partial charge in [-0.05, 0) is 47.9 Å². The SMILES string of the molecule is c1ccc(-c2nc(-n3c4ccccc4c4ccc5c6c7c(ccc6n(-c6ccccc6)c5c43)oc3ccccc37)nc3c2ccc2ccccc23)cc1. The number of furan rings is 1. The van der Waals surface area contributed by atoms with Gasteiger partial charge in [0.25, 0.3) is 0 Å². The Balaban J connectivity index is 1.32. The van der Waals surface area contributed by atoms with E-state index < -0.39 is 0 Å². The van der Waals surface area contributed by atoms with E-state index in [0.29, 0.717) is 5.95 Å². The van der Waals surface area contributed by atoms with Crippen molar-refractivity contribution in [2.45, 2.75) is 0 Å². The molecule has 0 aliphatic heterocycles. The molecule has 246 valence electrons. The summed E-state index contributed by atoms with van der Waals surface area (Å²) in [6.45, 7) is 0. The number of fused-ring (bicyclic) bond motifs is 14. The van der Waals surface area contributed by atoms with Gasteiger partial charge in [0.2, 0.25) is 5.95 Å². The number of hydrogen-bond acceptors (Lipinski definition) is 3. The molecule has 12 rings (SSSR count). The zero-order chi connectivity index (χ0) is 34.6. The fourth-order valence-electron chi connectivity index (χ4n) is 8.67. The first-order chi connectivity index (χ1) is 26.3. The van der Waals surface area contributed by atoms with Crippen LogP contribution >= 0.6 is 0 Å². The van der Waals surface area contributed by atoms with Crippen LogP contribution in [-0.2, 0) is 0 Å². The Labute approximate surface area is 302 Å². The third kappa shape index (κ3) is 3.91. The summed E-state index contributed by atoms with van der Waals surface area (Å²) in [6.07, 6.45) is 0. The highest BCUT2D eigenvalue weighted by molar-refractivity contribution is 6.31. The van der Waals surface area contributed by atoms with Crippen molar-refractivity contribution in [3.63, 3.8) is 0 Å². The molecule has 8 aromatic carbocycles. The first kappa shape index (κ1) is 28.5. The molecule has 4 aromatic heterocycles. The molecular weight excluding hydrogens is 649 g/mol. The summed E-state index contributed by atoms with van der Waals surface area (Å²) in [6, 6.07) is 59.9. The predicted molar refractivity (Wildman–Crippen MR) is 218 cm³/mol. The van der Waals surface area contributed by atoms with Crippen molar-refractivity contribution >= 4 is 87.2 Å². The van der Waals surface area contributed by atoms with Gasteiger partial charge in [0.1, 0.15) is 11.2 Å². The lowest BCUT2D eigenvalue weighted by Gasteiger charge is -2.14. The Morgan fingerprint density at radius 1 is 0.396 bits per heavy atom. The average Bonchev–Trinajstić information content (AvgIpc) is 3.88. The molecule has 0 unspecified atom stereocenters. The molecule has 53 heavy (non-hydrogen) atoms. The molecule has 0 amide bonds. The molecule has 4 heterocycles. The number of benzene rings is 8. The third-order valence-corrected chi connectivity index (χ3v) is 10.9. The molecule has 0 aliphatic rings. The Hall–Kier alpha value is -7.24. The summed E-state index contributed by atoms with van der Waals surface area (Å²) in [5.41, 5.74) is 10.1. The molecule has 0 spiro atoms. The van der Waals surface area contributed by atoms with Gasteiger partial charge >= 0.3 is 0 Å². The number of hydrogen-bond donors (Lipinski definition) is 0. The minimum atomic E-state index is 0.634. The second-order valence-electron chi connectivity index (χ2n) is 13.7. The molecule has 0 bridgehead atoms. The second kappa shape index (κ2) is 10.6. The number of aromatic nitrogens is 4. The van der Waals surface area contributed by atoms with Crippen molar-refractivity contribution < 1.29 is 4.42 Å². The van der Waals surface area contributed by atoms with Crippen LogP contribution in [0.3, 0.4) is 0 Å². The highest BCUT2D eigenvalue weighted by atomic mass is 16.3. The van der Waals surface area contributed by atoms with E-state index in [-0.39, 0.29) is 0 Å². The van der Waals surface area contributed by atoms with Crippen LogP contribution in [0, 0.1) is 0 Å². The minimum Gasteiger partial charge on any atom is -0.456 e. The van der Waals surface area contributed by atoms with Gasteiger partial charge in [-0.3, -0.25) is 4.57 Å². The van der Waals surface area contributed by atoms with Gasteiger partial charge in [0.15, 0.2) is 0 Å². The molecule has 0 N–H and O–H groups in total. The molecule has 0 saturated carbocycles. The molecule has 5 nitrogen and oxygen atoms in total. The van der Waals surface area contributed by atoms with Crippen molar-refractivity contribution in [1.82, 2.24) is 19.1 Å². The minimum absolute atomic E-state index is 0.634. The largest absolute Gasteiger partial charge is 0.456 e. The van der Waals surface area contributed by atoms with Gasteiger partial charge in [-0.25, -0.2) is 9.97 Å². The molecule has 5 heteroatoms. The van der Waals surface area contributed by atoms with Crippen molar-refractivity contribution in [3.8, 4) is 22.9 Å². The van der Waals surface area contributed by atoms with Crippen molar-refractivity contribution in [2.75, 3.05) is 0 Å². The van der Waals surface area contributed by atoms with Crippen LogP contribution in [0.25, 0.3) is 110 Å². The van der Waals surface area contributed by atoms with Crippen molar-refractivity contribution in [1.29, 1.82) is 0 Å². The summed E-state index contributed by atoms with van der Waals surface area (Å²) in [7, 11) is 0. The van der Waals surface area contributed by atoms with Gasteiger partial charge in [-0.15, -0.1) is 0 Å².